The van der Waals surface area contributed by atoms with Crippen LogP contribution in [0.15, 0.2) is 6.20 Å². The second-order valence-corrected chi connectivity index (χ2v) is 5.36. The first-order valence-electron chi connectivity index (χ1n) is 5.78. The number of thiazole rings is 1. The molecule has 0 aliphatic carbocycles. The van der Waals surface area contributed by atoms with Gasteiger partial charge in [-0.1, -0.05) is 20.8 Å². The summed E-state index contributed by atoms with van der Waals surface area (Å²) in [7, 11) is 0. The van der Waals surface area contributed by atoms with E-state index in [0.29, 0.717) is 12.0 Å². The van der Waals surface area contributed by atoms with Crippen molar-refractivity contribution in [2.24, 2.45) is 0 Å². The normalized spacial score (nSPS) is 12.7. The van der Waals surface area contributed by atoms with Crippen LogP contribution in [0.3, 0.4) is 0 Å². The summed E-state index contributed by atoms with van der Waals surface area (Å²) in [5, 5.41) is 4.68. The van der Waals surface area contributed by atoms with Crippen molar-refractivity contribution in [1.29, 1.82) is 0 Å². The molecule has 0 saturated heterocycles. The molecule has 1 aromatic rings. The molecule has 2 nitrogen and oxygen atoms in total. The monoisotopic (exact) mass is 236 g/mol. The van der Waals surface area contributed by atoms with Crippen LogP contribution in [0.4, 0.5) is 0 Å². The highest BCUT2D eigenvalue weighted by Crippen LogP contribution is 2.20. The van der Waals surface area contributed by atoms with Gasteiger partial charge in [0.1, 0.15) is 0 Å². The van der Waals surface area contributed by atoms with Crippen LogP contribution in [0, 0.1) is 12.3 Å². The van der Waals surface area contributed by atoms with E-state index >= 15 is 0 Å². The van der Waals surface area contributed by atoms with Crippen LogP contribution in [0.5, 0.6) is 0 Å². The minimum atomic E-state index is 0.426. The van der Waals surface area contributed by atoms with E-state index in [1.54, 1.807) is 11.3 Å². The van der Waals surface area contributed by atoms with Crippen molar-refractivity contribution in [3.05, 3.63) is 16.1 Å². The Hall–Kier alpha value is -0.850. The van der Waals surface area contributed by atoms with Crippen LogP contribution in [-0.4, -0.2) is 11.0 Å². The molecule has 0 radical (unpaired) electrons. The molecule has 0 aromatic carbocycles. The Morgan fingerprint density at radius 1 is 1.56 bits per heavy atom. The largest absolute Gasteiger partial charge is 0.308 e. The second-order valence-electron chi connectivity index (χ2n) is 4.21. The van der Waals surface area contributed by atoms with E-state index in [4.69, 9.17) is 6.42 Å². The number of rotatable bonds is 6. The lowest BCUT2D eigenvalue weighted by atomic mass is 10.1. The summed E-state index contributed by atoms with van der Waals surface area (Å²) in [5.74, 6) is 3.22. The lowest BCUT2D eigenvalue weighted by molar-refractivity contribution is 0.509. The van der Waals surface area contributed by atoms with Crippen molar-refractivity contribution in [2.75, 3.05) is 0 Å². The van der Waals surface area contributed by atoms with Crippen LogP contribution in [-0.2, 0) is 6.54 Å². The van der Waals surface area contributed by atoms with E-state index in [-0.39, 0.29) is 0 Å². The summed E-state index contributed by atoms with van der Waals surface area (Å²) in [6, 6.07) is 0.426. The number of terminal acetylenes is 1. The Kier molecular flexibility index (Phi) is 5.51. The van der Waals surface area contributed by atoms with Crippen LogP contribution in [0.2, 0.25) is 0 Å². The molecular weight excluding hydrogens is 216 g/mol. The van der Waals surface area contributed by atoms with Crippen LogP contribution < -0.4 is 5.32 Å². The van der Waals surface area contributed by atoms with E-state index in [0.717, 1.165) is 19.4 Å². The zero-order valence-corrected chi connectivity index (χ0v) is 11.1. The van der Waals surface area contributed by atoms with Gasteiger partial charge in [-0.15, -0.1) is 23.7 Å². The Bertz CT molecular complexity index is 349. The summed E-state index contributed by atoms with van der Waals surface area (Å²) in [4.78, 5) is 5.69. The van der Waals surface area contributed by atoms with Crippen molar-refractivity contribution < 1.29 is 0 Å². The average molecular weight is 236 g/mol. The predicted octanol–water partition coefficient (Wildman–Crippen LogP) is 3.16. The molecular formula is C13H20N2S. The molecule has 1 aromatic heterocycles. The molecule has 0 aliphatic heterocycles. The first kappa shape index (κ1) is 13.2. The van der Waals surface area contributed by atoms with Gasteiger partial charge in [-0.2, -0.15) is 0 Å². The molecule has 0 amide bonds. The van der Waals surface area contributed by atoms with Gasteiger partial charge in [0.05, 0.1) is 5.01 Å². The molecule has 0 saturated carbocycles. The summed E-state index contributed by atoms with van der Waals surface area (Å²) < 4.78 is 0. The lowest BCUT2D eigenvalue weighted by Crippen LogP contribution is -2.26. The SMILES string of the molecule is C#CCC(CC)NCc1cnc(C(C)C)s1. The topological polar surface area (TPSA) is 24.9 Å². The van der Waals surface area contributed by atoms with E-state index in [1.165, 1.54) is 9.88 Å². The van der Waals surface area contributed by atoms with Crippen molar-refractivity contribution in [3.8, 4) is 12.3 Å². The molecule has 0 aliphatic rings. The molecule has 0 fully saturated rings. The van der Waals surface area contributed by atoms with E-state index in [2.05, 4.69) is 37.0 Å². The van der Waals surface area contributed by atoms with Gasteiger partial charge in [-0.05, 0) is 6.42 Å². The molecule has 1 atom stereocenters. The summed E-state index contributed by atoms with van der Waals surface area (Å²) in [5.41, 5.74) is 0. The van der Waals surface area contributed by atoms with Crippen molar-refractivity contribution in [2.45, 2.75) is 52.1 Å². The van der Waals surface area contributed by atoms with Crippen molar-refractivity contribution in [1.82, 2.24) is 10.3 Å². The average Bonchev–Trinajstić information content (AvgIpc) is 2.73. The highest BCUT2D eigenvalue weighted by Gasteiger charge is 2.07. The fraction of sp³-hybridized carbons (Fsp3) is 0.615. The zero-order valence-electron chi connectivity index (χ0n) is 10.3. The third-order valence-corrected chi connectivity index (χ3v) is 3.79. The highest BCUT2D eigenvalue weighted by atomic mass is 32.1. The first-order valence-corrected chi connectivity index (χ1v) is 6.60. The van der Waals surface area contributed by atoms with Gasteiger partial charge in [0.2, 0.25) is 0 Å². The number of aromatic nitrogens is 1. The highest BCUT2D eigenvalue weighted by molar-refractivity contribution is 7.11. The van der Waals surface area contributed by atoms with Gasteiger partial charge in [0.25, 0.3) is 0 Å². The summed E-state index contributed by atoms with van der Waals surface area (Å²) in [6.45, 7) is 7.37. The Balaban J connectivity index is 2.44. The van der Waals surface area contributed by atoms with E-state index < -0.39 is 0 Å². The molecule has 16 heavy (non-hydrogen) atoms. The molecule has 0 spiro atoms. The summed E-state index contributed by atoms with van der Waals surface area (Å²) in [6.07, 6.45) is 9.15. The van der Waals surface area contributed by atoms with E-state index in [1.807, 2.05) is 6.20 Å². The quantitative estimate of drug-likeness (QED) is 0.767. The van der Waals surface area contributed by atoms with Crippen LogP contribution in [0.25, 0.3) is 0 Å². The fourth-order valence-corrected chi connectivity index (χ4v) is 2.29. The first-order chi connectivity index (χ1) is 7.67. The Morgan fingerprint density at radius 3 is 2.81 bits per heavy atom. The van der Waals surface area contributed by atoms with Gasteiger partial charge >= 0.3 is 0 Å². The Labute approximate surface area is 102 Å². The smallest absolute Gasteiger partial charge is 0.0953 e. The maximum Gasteiger partial charge on any atom is 0.0953 e. The molecule has 0 bridgehead atoms. The molecule has 1 heterocycles. The van der Waals surface area contributed by atoms with Gasteiger partial charge in [0, 0.05) is 36.0 Å². The standard InChI is InChI=1S/C13H20N2S/c1-5-7-11(6-2)14-8-12-9-15-13(16-12)10(3)4/h1,9-11,14H,6-8H2,2-4H3. The molecule has 1 unspecified atom stereocenters. The number of nitrogens with one attached hydrogen (secondary N) is 1. The summed E-state index contributed by atoms with van der Waals surface area (Å²) >= 11 is 1.79. The van der Waals surface area contributed by atoms with Crippen LogP contribution in [0.1, 0.15) is 49.4 Å². The van der Waals surface area contributed by atoms with Gasteiger partial charge < -0.3 is 5.32 Å². The predicted molar refractivity (Wildman–Crippen MR) is 70.6 cm³/mol. The van der Waals surface area contributed by atoms with Crippen molar-refractivity contribution in [3.63, 3.8) is 0 Å². The maximum atomic E-state index is 5.32. The molecule has 88 valence electrons. The third kappa shape index (κ3) is 3.96. The fourth-order valence-electron chi connectivity index (χ4n) is 1.42. The minimum Gasteiger partial charge on any atom is -0.308 e. The lowest BCUT2D eigenvalue weighted by Gasteiger charge is -2.12. The third-order valence-electron chi connectivity index (χ3n) is 2.49. The number of hydrogen-bond acceptors (Lipinski definition) is 3. The van der Waals surface area contributed by atoms with Crippen molar-refractivity contribution >= 4 is 11.3 Å². The van der Waals surface area contributed by atoms with Gasteiger partial charge in [-0.25, -0.2) is 4.98 Å². The molecule has 1 N–H and O–H groups in total. The molecule has 3 heteroatoms. The van der Waals surface area contributed by atoms with Gasteiger partial charge in [-0.3, -0.25) is 0 Å². The maximum absolute atomic E-state index is 5.32. The second kappa shape index (κ2) is 6.67. The molecule has 1 rings (SSSR count). The number of nitrogens with zero attached hydrogens (tertiary/aromatic N) is 1. The zero-order chi connectivity index (χ0) is 12.0. The number of hydrogen-bond donors (Lipinski definition) is 1. The van der Waals surface area contributed by atoms with E-state index in [9.17, 15) is 0 Å². The minimum absolute atomic E-state index is 0.426. The van der Waals surface area contributed by atoms with Crippen LogP contribution >= 0.6 is 11.3 Å². The Morgan fingerprint density at radius 2 is 2.31 bits per heavy atom. The van der Waals surface area contributed by atoms with Gasteiger partial charge in [0.15, 0.2) is 0 Å².